The Morgan fingerprint density at radius 1 is 1.11 bits per heavy atom. The molecule has 0 bridgehead atoms. The summed E-state index contributed by atoms with van der Waals surface area (Å²) in [4.78, 5) is 0. The third-order valence-corrected chi connectivity index (χ3v) is 4.49. The van der Waals surface area contributed by atoms with Gasteiger partial charge in [-0.25, -0.2) is 0 Å². The molecule has 0 aliphatic carbocycles. The Kier molecular flexibility index (Phi) is 9.71. The Bertz CT molecular complexity index is 708. The first-order valence-corrected chi connectivity index (χ1v) is 9.18. The molecule has 2 aromatic carbocycles. The van der Waals surface area contributed by atoms with Crippen molar-refractivity contribution in [1.29, 1.82) is 0 Å². The maximum Gasteiger partial charge on any atom is 0.139 e. The third kappa shape index (κ3) is 8.16. The fourth-order valence-electron chi connectivity index (χ4n) is 2.54. The molecule has 7 heteroatoms. The van der Waals surface area contributed by atoms with E-state index in [2.05, 4.69) is 19.2 Å². The summed E-state index contributed by atoms with van der Waals surface area (Å²) in [5.41, 5.74) is 1.02. The smallest absolute Gasteiger partial charge is 0.139 e. The van der Waals surface area contributed by atoms with Gasteiger partial charge in [0.1, 0.15) is 24.2 Å². The van der Waals surface area contributed by atoms with E-state index in [0.29, 0.717) is 22.3 Å². The summed E-state index contributed by atoms with van der Waals surface area (Å²) in [5, 5.41) is 14.6. The zero-order valence-electron chi connectivity index (χ0n) is 15.7. The molecule has 0 radical (unpaired) electrons. The van der Waals surface area contributed by atoms with Crippen LogP contribution in [0.2, 0.25) is 10.0 Å². The van der Waals surface area contributed by atoms with Crippen LogP contribution >= 0.6 is 35.6 Å². The van der Waals surface area contributed by atoms with E-state index in [1.807, 2.05) is 24.3 Å². The number of nitrogens with one attached hydrogen (secondary N) is 1. The number of β-amino-alcohol motifs (C(OH)–C–C–N with tert-alkyl or cyclic N) is 1. The second kappa shape index (κ2) is 11.0. The Morgan fingerprint density at radius 3 is 2.41 bits per heavy atom. The van der Waals surface area contributed by atoms with Crippen molar-refractivity contribution < 1.29 is 14.6 Å². The highest BCUT2D eigenvalue weighted by Gasteiger charge is 2.19. The van der Waals surface area contributed by atoms with Gasteiger partial charge < -0.3 is 19.9 Å². The van der Waals surface area contributed by atoms with Crippen molar-refractivity contribution in [3.63, 3.8) is 0 Å². The normalized spacial score (nSPS) is 12.2. The second-order valence-corrected chi connectivity index (χ2v) is 7.67. The molecular weight excluding hydrogens is 409 g/mol. The Morgan fingerprint density at radius 2 is 1.78 bits per heavy atom. The van der Waals surface area contributed by atoms with Gasteiger partial charge in [-0.2, -0.15) is 0 Å². The molecule has 0 aliphatic heterocycles. The summed E-state index contributed by atoms with van der Waals surface area (Å²) in [5.74, 6) is 1.31. The monoisotopic (exact) mass is 433 g/mol. The van der Waals surface area contributed by atoms with Crippen LogP contribution in [0.25, 0.3) is 0 Å². The molecule has 2 aromatic rings. The number of aliphatic hydroxyl groups excluding tert-OH is 1. The molecular formula is C20H26Cl3NO3. The number of rotatable bonds is 9. The molecule has 0 heterocycles. The first kappa shape index (κ1) is 23.9. The number of ether oxygens (including phenoxy) is 2. The van der Waals surface area contributed by atoms with Gasteiger partial charge in [0.05, 0.1) is 12.1 Å². The fraction of sp³-hybridized carbons (Fsp3) is 0.400. The number of methoxy groups -OCH3 is 1. The molecule has 1 atom stereocenters. The largest absolute Gasteiger partial charge is 0.497 e. The lowest BCUT2D eigenvalue weighted by molar-refractivity contribution is 0.0989. The average Bonchev–Trinajstić information content (AvgIpc) is 2.61. The van der Waals surface area contributed by atoms with Crippen LogP contribution in [0.4, 0.5) is 0 Å². The van der Waals surface area contributed by atoms with Gasteiger partial charge in [-0.3, -0.25) is 0 Å². The minimum absolute atomic E-state index is 0. The maximum atomic E-state index is 10.2. The fourth-order valence-corrected chi connectivity index (χ4v) is 2.88. The molecule has 0 aromatic heterocycles. The predicted octanol–water partition coefficient (Wildman–Crippen LogP) is 4.77. The molecule has 2 rings (SSSR count). The van der Waals surface area contributed by atoms with Gasteiger partial charge in [-0.1, -0.05) is 35.3 Å². The summed E-state index contributed by atoms with van der Waals surface area (Å²) < 4.78 is 10.7. The topological polar surface area (TPSA) is 50.7 Å². The van der Waals surface area contributed by atoms with Gasteiger partial charge in [-0.15, -0.1) is 12.4 Å². The Balaban J connectivity index is 0.00000364. The van der Waals surface area contributed by atoms with Crippen molar-refractivity contribution in [2.24, 2.45) is 0 Å². The molecule has 150 valence electrons. The number of hydrogen-bond acceptors (Lipinski definition) is 4. The molecule has 27 heavy (non-hydrogen) atoms. The SMILES string of the molecule is COc1ccc(CC(C)(C)NCC(O)COc2cc(Cl)ccc2Cl)cc1.Cl. The van der Waals surface area contributed by atoms with Crippen LogP contribution in [0.1, 0.15) is 19.4 Å². The van der Waals surface area contributed by atoms with Crippen molar-refractivity contribution in [2.45, 2.75) is 31.9 Å². The number of halogens is 3. The number of aliphatic hydroxyl groups is 1. The lowest BCUT2D eigenvalue weighted by Crippen LogP contribution is -2.46. The van der Waals surface area contributed by atoms with Crippen LogP contribution in [0.5, 0.6) is 11.5 Å². The van der Waals surface area contributed by atoms with Crippen molar-refractivity contribution in [3.05, 3.63) is 58.1 Å². The lowest BCUT2D eigenvalue weighted by atomic mass is 9.94. The molecule has 4 nitrogen and oxygen atoms in total. The Hall–Kier alpha value is -1.17. The van der Waals surface area contributed by atoms with Crippen LogP contribution in [0.15, 0.2) is 42.5 Å². The minimum atomic E-state index is -0.666. The molecule has 1 unspecified atom stereocenters. The lowest BCUT2D eigenvalue weighted by Gasteiger charge is -2.28. The van der Waals surface area contributed by atoms with Gasteiger partial charge in [-0.05, 0) is 50.1 Å². The van der Waals surface area contributed by atoms with Crippen LogP contribution in [-0.4, -0.2) is 37.0 Å². The highest BCUT2D eigenvalue weighted by molar-refractivity contribution is 6.34. The van der Waals surface area contributed by atoms with E-state index in [-0.39, 0.29) is 24.6 Å². The van der Waals surface area contributed by atoms with Gasteiger partial charge in [0.2, 0.25) is 0 Å². The molecule has 0 saturated heterocycles. The van der Waals surface area contributed by atoms with Crippen molar-refractivity contribution in [2.75, 3.05) is 20.3 Å². The first-order valence-electron chi connectivity index (χ1n) is 8.43. The molecule has 0 amide bonds. The van der Waals surface area contributed by atoms with Crippen LogP contribution in [0, 0.1) is 0 Å². The van der Waals surface area contributed by atoms with Gasteiger partial charge >= 0.3 is 0 Å². The predicted molar refractivity (Wildman–Crippen MR) is 114 cm³/mol. The Labute approximate surface area is 177 Å². The van der Waals surface area contributed by atoms with Crippen LogP contribution in [-0.2, 0) is 6.42 Å². The van der Waals surface area contributed by atoms with E-state index in [9.17, 15) is 5.11 Å². The second-order valence-electron chi connectivity index (χ2n) is 6.83. The van der Waals surface area contributed by atoms with E-state index >= 15 is 0 Å². The summed E-state index contributed by atoms with van der Waals surface area (Å²) >= 11 is 12.0. The average molecular weight is 435 g/mol. The highest BCUT2D eigenvalue weighted by Crippen LogP contribution is 2.27. The number of hydrogen-bond donors (Lipinski definition) is 2. The van der Waals surface area contributed by atoms with Gasteiger partial charge in [0.25, 0.3) is 0 Å². The molecule has 0 fully saturated rings. The standard InChI is InChI=1S/C20H25Cl2NO3.ClH/c1-20(2,11-14-4-7-17(25-3)8-5-14)23-12-16(24)13-26-19-10-15(21)6-9-18(19)22;/h4-10,16,23-24H,11-13H2,1-3H3;1H. The van der Waals surface area contributed by atoms with E-state index in [1.54, 1.807) is 25.3 Å². The zero-order valence-corrected chi connectivity index (χ0v) is 18.0. The quantitative estimate of drug-likeness (QED) is 0.596. The van der Waals surface area contributed by atoms with Crippen LogP contribution in [0.3, 0.4) is 0 Å². The van der Waals surface area contributed by atoms with Gasteiger partial charge in [0.15, 0.2) is 0 Å². The minimum Gasteiger partial charge on any atom is -0.497 e. The van der Waals surface area contributed by atoms with Gasteiger partial charge in [0, 0.05) is 23.2 Å². The summed E-state index contributed by atoms with van der Waals surface area (Å²) in [6.45, 7) is 4.73. The van der Waals surface area contributed by atoms with E-state index in [0.717, 1.165) is 12.2 Å². The van der Waals surface area contributed by atoms with Crippen molar-refractivity contribution >= 4 is 35.6 Å². The summed E-state index contributed by atoms with van der Waals surface area (Å²) in [7, 11) is 1.65. The molecule has 2 N–H and O–H groups in total. The van der Waals surface area contributed by atoms with Crippen LogP contribution < -0.4 is 14.8 Å². The first-order chi connectivity index (χ1) is 12.3. The zero-order chi connectivity index (χ0) is 19.2. The molecule has 0 spiro atoms. The summed E-state index contributed by atoms with van der Waals surface area (Å²) in [6, 6.07) is 13.0. The highest BCUT2D eigenvalue weighted by atomic mass is 35.5. The molecule has 0 saturated carbocycles. The van der Waals surface area contributed by atoms with E-state index < -0.39 is 6.10 Å². The number of benzene rings is 2. The maximum absolute atomic E-state index is 10.2. The van der Waals surface area contributed by atoms with E-state index in [4.69, 9.17) is 32.7 Å². The van der Waals surface area contributed by atoms with Crippen molar-refractivity contribution in [3.8, 4) is 11.5 Å². The molecule has 0 aliphatic rings. The van der Waals surface area contributed by atoms with E-state index in [1.165, 1.54) is 5.56 Å². The third-order valence-electron chi connectivity index (χ3n) is 3.95. The van der Waals surface area contributed by atoms with Crippen molar-refractivity contribution in [1.82, 2.24) is 5.32 Å². The summed E-state index contributed by atoms with van der Waals surface area (Å²) in [6.07, 6.45) is 0.158.